The second-order valence-electron chi connectivity index (χ2n) is 1.51. The highest BCUT2D eigenvalue weighted by atomic mass is 19.1. The van der Waals surface area contributed by atoms with Crippen LogP contribution in [0.5, 0.6) is 0 Å². The van der Waals surface area contributed by atoms with Crippen molar-refractivity contribution in [1.29, 1.82) is 0 Å². The summed E-state index contributed by atoms with van der Waals surface area (Å²) in [6.45, 7) is 1.02. The number of ether oxygens (including phenoxy) is 1. The third kappa shape index (κ3) is 3.03. The van der Waals surface area contributed by atoms with Gasteiger partial charge in [0.25, 0.3) is 0 Å². The van der Waals surface area contributed by atoms with Crippen LogP contribution in [-0.2, 0) is 9.53 Å². The quantitative estimate of drug-likeness (QED) is 0.547. The molecule has 4 heteroatoms. The summed E-state index contributed by atoms with van der Waals surface area (Å²) in [7, 11) is 0. The Morgan fingerprint density at radius 2 is 2.44 bits per heavy atom. The van der Waals surface area contributed by atoms with Crippen LogP contribution in [0.4, 0.5) is 4.39 Å². The molecule has 0 saturated carbocycles. The Balaban J connectivity index is 3.46. The molecule has 0 heterocycles. The maximum atomic E-state index is 11.5. The van der Waals surface area contributed by atoms with Gasteiger partial charge in [-0.25, -0.2) is 4.39 Å². The number of hydrogen-bond donors (Lipinski definition) is 1. The van der Waals surface area contributed by atoms with E-state index in [1.807, 2.05) is 0 Å². The minimum Gasteiger partial charge on any atom is -0.465 e. The summed E-state index contributed by atoms with van der Waals surface area (Å²) in [4.78, 5) is 10.4. The third-order valence-electron chi connectivity index (χ3n) is 0.756. The van der Waals surface area contributed by atoms with Gasteiger partial charge in [0.2, 0.25) is 0 Å². The molecule has 0 aliphatic rings. The molecule has 0 aromatic carbocycles. The molecule has 0 aliphatic heterocycles. The molecule has 0 rings (SSSR count). The number of carbonyl (C=O) groups is 1. The molecule has 0 radical (unpaired) electrons. The summed E-state index contributed by atoms with van der Waals surface area (Å²) in [5.74, 6) is -0.681. The summed E-state index contributed by atoms with van der Waals surface area (Å²) in [5.41, 5.74) is 4.95. The minimum atomic E-state index is -1.11. The van der Waals surface area contributed by atoms with Crippen molar-refractivity contribution < 1.29 is 13.9 Å². The van der Waals surface area contributed by atoms with Crippen LogP contribution < -0.4 is 5.73 Å². The number of esters is 1. The fourth-order valence-electron chi connectivity index (χ4n) is 0.312. The Morgan fingerprint density at radius 3 is 2.78 bits per heavy atom. The fraction of sp³-hybridized carbons (Fsp3) is 0.800. The lowest BCUT2D eigenvalue weighted by Gasteiger charge is -2.04. The normalized spacial score (nSPS) is 12.8. The van der Waals surface area contributed by atoms with Gasteiger partial charge < -0.3 is 10.5 Å². The van der Waals surface area contributed by atoms with E-state index in [4.69, 9.17) is 5.73 Å². The fourth-order valence-corrected chi connectivity index (χ4v) is 0.312. The Hall–Kier alpha value is -0.640. The lowest BCUT2D eigenvalue weighted by atomic mass is 10.4. The van der Waals surface area contributed by atoms with Crippen molar-refractivity contribution in [3.63, 3.8) is 0 Å². The van der Waals surface area contributed by atoms with Crippen molar-refractivity contribution in [2.75, 3.05) is 13.3 Å². The smallest absolute Gasteiger partial charge is 0.325 e. The van der Waals surface area contributed by atoms with Gasteiger partial charge in [-0.2, -0.15) is 0 Å². The molecule has 0 aliphatic carbocycles. The summed E-state index contributed by atoms with van der Waals surface area (Å²) in [6, 6.07) is -1.11. The van der Waals surface area contributed by atoms with Gasteiger partial charge in [0, 0.05) is 0 Å². The molecule has 0 spiro atoms. The molecule has 0 aromatic rings. The molecule has 3 nitrogen and oxygen atoms in total. The van der Waals surface area contributed by atoms with Crippen molar-refractivity contribution in [1.82, 2.24) is 0 Å². The van der Waals surface area contributed by atoms with E-state index < -0.39 is 18.7 Å². The summed E-state index contributed by atoms with van der Waals surface area (Å²) in [5, 5.41) is 0. The van der Waals surface area contributed by atoms with Crippen molar-refractivity contribution in [2.45, 2.75) is 13.0 Å². The van der Waals surface area contributed by atoms with E-state index in [1.165, 1.54) is 0 Å². The molecule has 54 valence electrons. The molecule has 0 fully saturated rings. The van der Waals surface area contributed by atoms with Gasteiger partial charge in [0.05, 0.1) is 6.61 Å². The first-order valence-electron chi connectivity index (χ1n) is 2.70. The number of rotatable bonds is 3. The highest BCUT2D eigenvalue weighted by molar-refractivity contribution is 5.75. The monoisotopic (exact) mass is 135 g/mol. The molecule has 2 N–H and O–H groups in total. The van der Waals surface area contributed by atoms with Crippen LogP contribution in [0.15, 0.2) is 0 Å². The van der Waals surface area contributed by atoms with Gasteiger partial charge in [-0.05, 0) is 6.92 Å². The number of carbonyl (C=O) groups excluding carboxylic acids is 1. The van der Waals surface area contributed by atoms with Crippen LogP contribution >= 0.6 is 0 Å². The van der Waals surface area contributed by atoms with E-state index in [0.29, 0.717) is 0 Å². The predicted octanol–water partition coefficient (Wildman–Crippen LogP) is -0.154. The van der Waals surface area contributed by atoms with E-state index in [-0.39, 0.29) is 6.61 Å². The standard InChI is InChI=1S/C5H10FNO2/c1-2-9-5(8)4(7)3-6/h4H,2-3,7H2,1H3. The Morgan fingerprint density at radius 1 is 1.89 bits per heavy atom. The summed E-state index contributed by atoms with van der Waals surface area (Å²) in [6.07, 6.45) is 0. The molecule has 9 heavy (non-hydrogen) atoms. The highest BCUT2D eigenvalue weighted by Crippen LogP contribution is 1.85. The average Bonchev–Trinajstić information content (AvgIpc) is 1.87. The molecular weight excluding hydrogens is 125 g/mol. The van der Waals surface area contributed by atoms with Crippen molar-refractivity contribution in [3.05, 3.63) is 0 Å². The molecule has 0 aromatic heterocycles. The van der Waals surface area contributed by atoms with Gasteiger partial charge in [-0.1, -0.05) is 0 Å². The zero-order chi connectivity index (χ0) is 7.28. The molecule has 0 bridgehead atoms. The minimum absolute atomic E-state index is 0.243. The van der Waals surface area contributed by atoms with E-state index in [0.717, 1.165) is 0 Å². The summed E-state index contributed by atoms with van der Waals surface area (Å²) < 4.78 is 15.9. The molecular formula is C5H10FNO2. The van der Waals surface area contributed by atoms with Gasteiger partial charge in [0.1, 0.15) is 12.7 Å². The van der Waals surface area contributed by atoms with Crippen LogP contribution in [-0.4, -0.2) is 25.3 Å². The predicted molar refractivity (Wildman–Crippen MR) is 30.6 cm³/mol. The summed E-state index contributed by atoms with van der Waals surface area (Å²) >= 11 is 0. The number of halogens is 1. The van der Waals surface area contributed by atoms with Crippen molar-refractivity contribution in [3.8, 4) is 0 Å². The number of alkyl halides is 1. The third-order valence-corrected chi connectivity index (χ3v) is 0.756. The number of hydrogen-bond acceptors (Lipinski definition) is 3. The Bertz CT molecular complexity index is 97.0. The molecule has 0 saturated heterocycles. The van der Waals surface area contributed by atoms with Crippen LogP contribution in [0.2, 0.25) is 0 Å². The van der Waals surface area contributed by atoms with Crippen molar-refractivity contribution in [2.24, 2.45) is 5.73 Å². The first-order valence-corrected chi connectivity index (χ1v) is 2.70. The Labute approximate surface area is 53.0 Å². The Kier molecular flexibility index (Phi) is 3.96. The maximum Gasteiger partial charge on any atom is 0.325 e. The molecule has 0 amide bonds. The van der Waals surface area contributed by atoms with E-state index in [1.54, 1.807) is 6.92 Å². The van der Waals surface area contributed by atoms with E-state index in [9.17, 15) is 9.18 Å². The zero-order valence-corrected chi connectivity index (χ0v) is 5.26. The second-order valence-corrected chi connectivity index (χ2v) is 1.51. The van der Waals surface area contributed by atoms with Crippen LogP contribution in [0.1, 0.15) is 6.92 Å². The van der Waals surface area contributed by atoms with Gasteiger partial charge in [-0.3, -0.25) is 4.79 Å². The molecule has 1 atom stereocenters. The van der Waals surface area contributed by atoms with Crippen LogP contribution in [0, 0.1) is 0 Å². The van der Waals surface area contributed by atoms with Gasteiger partial charge in [-0.15, -0.1) is 0 Å². The van der Waals surface area contributed by atoms with Gasteiger partial charge in [0.15, 0.2) is 0 Å². The lowest BCUT2D eigenvalue weighted by Crippen LogP contribution is -2.34. The SMILES string of the molecule is CCOC(=O)C(N)CF. The number of nitrogens with two attached hydrogens (primary N) is 1. The second kappa shape index (κ2) is 4.26. The average molecular weight is 135 g/mol. The van der Waals surface area contributed by atoms with Crippen LogP contribution in [0.25, 0.3) is 0 Å². The maximum absolute atomic E-state index is 11.5. The van der Waals surface area contributed by atoms with E-state index >= 15 is 0 Å². The van der Waals surface area contributed by atoms with E-state index in [2.05, 4.69) is 4.74 Å². The zero-order valence-electron chi connectivity index (χ0n) is 5.26. The highest BCUT2D eigenvalue weighted by Gasteiger charge is 2.12. The molecule has 1 unspecified atom stereocenters. The lowest BCUT2D eigenvalue weighted by molar-refractivity contribution is -0.145. The topological polar surface area (TPSA) is 52.3 Å². The van der Waals surface area contributed by atoms with Gasteiger partial charge >= 0.3 is 5.97 Å². The first kappa shape index (κ1) is 8.36. The van der Waals surface area contributed by atoms with Crippen molar-refractivity contribution >= 4 is 5.97 Å². The first-order chi connectivity index (χ1) is 4.22. The van der Waals surface area contributed by atoms with Crippen LogP contribution in [0.3, 0.4) is 0 Å². The largest absolute Gasteiger partial charge is 0.465 e.